The Balaban J connectivity index is 1.99. The minimum atomic E-state index is -0.0737. The van der Waals surface area contributed by atoms with E-state index < -0.39 is 0 Å². The van der Waals surface area contributed by atoms with Crippen LogP contribution in [0.5, 0.6) is 0 Å². The number of para-hydroxylation sites is 1. The predicted octanol–water partition coefficient (Wildman–Crippen LogP) is -0.244. The number of aromatic amines is 1. The van der Waals surface area contributed by atoms with Crippen LogP contribution in [0.3, 0.4) is 0 Å². The van der Waals surface area contributed by atoms with Gasteiger partial charge in [0.1, 0.15) is 0 Å². The molecule has 0 saturated heterocycles. The summed E-state index contributed by atoms with van der Waals surface area (Å²) in [7, 11) is 0. The number of aromatic nitrogens is 2. The van der Waals surface area contributed by atoms with Crippen LogP contribution in [0.15, 0.2) is 47.7 Å². The van der Waals surface area contributed by atoms with E-state index in [1.54, 1.807) is 6.07 Å². The molecule has 1 atom stereocenters. The van der Waals surface area contributed by atoms with Gasteiger partial charge < -0.3 is 10.4 Å². The molecule has 2 rings (SSSR count). The number of nitrogens with zero attached hydrogens (tertiary/aromatic N) is 2. The first-order valence-corrected chi connectivity index (χ1v) is 7.08. The molecule has 0 saturated carbocycles. The van der Waals surface area contributed by atoms with Gasteiger partial charge in [-0.2, -0.15) is 0 Å². The molecular formula is C14H21N8O+. The number of anilines is 2. The fourth-order valence-corrected chi connectivity index (χ4v) is 1.70. The molecular weight excluding hydrogens is 296 g/mol. The Morgan fingerprint density at radius 2 is 2.17 bits per heavy atom. The van der Waals surface area contributed by atoms with Gasteiger partial charge in [0.2, 0.25) is 23.9 Å². The van der Waals surface area contributed by atoms with Crippen molar-refractivity contribution in [3.8, 4) is 0 Å². The summed E-state index contributed by atoms with van der Waals surface area (Å²) < 4.78 is 0. The Bertz CT molecular complexity index is 634. The maximum Gasteiger partial charge on any atom is 0.230 e. The van der Waals surface area contributed by atoms with E-state index in [1.165, 1.54) is 6.33 Å². The minimum Gasteiger partial charge on any atom is -0.393 e. The van der Waals surface area contributed by atoms with E-state index in [2.05, 4.69) is 36.6 Å². The fraction of sp³-hybridized carbons (Fsp3) is 0.214. The van der Waals surface area contributed by atoms with Crippen LogP contribution in [0.25, 0.3) is 0 Å². The van der Waals surface area contributed by atoms with E-state index in [4.69, 9.17) is 10.9 Å². The van der Waals surface area contributed by atoms with Crippen molar-refractivity contribution >= 4 is 23.3 Å². The molecule has 122 valence electrons. The number of H-pyrrole nitrogens is 1. The summed E-state index contributed by atoms with van der Waals surface area (Å²) in [6, 6.07) is 11.1. The maximum absolute atomic E-state index is 9.06. The lowest BCUT2D eigenvalue weighted by Gasteiger charge is -2.10. The van der Waals surface area contributed by atoms with E-state index in [0.29, 0.717) is 17.6 Å². The molecule has 9 heteroatoms. The van der Waals surface area contributed by atoms with Crippen molar-refractivity contribution in [2.45, 2.75) is 13.0 Å². The minimum absolute atomic E-state index is 0.0299. The second kappa shape index (κ2) is 8.51. The number of hydrogen-bond acceptors (Lipinski definition) is 6. The van der Waals surface area contributed by atoms with Gasteiger partial charge in [0.15, 0.2) is 0 Å². The van der Waals surface area contributed by atoms with E-state index in [9.17, 15) is 0 Å². The number of benzene rings is 1. The van der Waals surface area contributed by atoms with Gasteiger partial charge in [0.25, 0.3) is 0 Å². The zero-order chi connectivity index (χ0) is 16.5. The molecule has 8 N–H and O–H groups in total. The second-order valence-corrected chi connectivity index (χ2v) is 4.76. The first-order valence-electron chi connectivity index (χ1n) is 7.08. The molecule has 9 nitrogen and oxygen atoms in total. The second-order valence-electron chi connectivity index (χ2n) is 4.76. The van der Waals surface area contributed by atoms with Crippen molar-refractivity contribution in [1.82, 2.24) is 15.8 Å². The molecule has 1 aromatic heterocycles. The van der Waals surface area contributed by atoms with Gasteiger partial charge in [-0.15, -0.1) is 0 Å². The standard InChI is InChI=1S/C14H20N8O/c1-10(8-23)18-12-7-13(17-9-16-12)21-22-14(20-15)19-11-5-3-2-4-6-11/h2-7,9-10,23H,8,15H2,1H3,(H2,19,20,22)(H2,16,17,18,21)/p+1/t10-/m0/s1. The fourth-order valence-electron chi connectivity index (χ4n) is 1.70. The summed E-state index contributed by atoms with van der Waals surface area (Å²) in [5.41, 5.74) is 8.95. The Hall–Kier alpha value is -2.91. The number of hydrazine groups is 2. The average Bonchev–Trinajstić information content (AvgIpc) is 2.59. The van der Waals surface area contributed by atoms with Crippen molar-refractivity contribution in [3.05, 3.63) is 42.7 Å². The highest BCUT2D eigenvalue weighted by Gasteiger charge is 2.08. The summed E-state index contributed by atoms with van der Waals surface area (Å²) in [6.45, 7) is 1.89. The molecule has 23 heavy (non-hydrogen) atoms. The lowest BCUT2D eigenvalue weighted by atomic mass is 10.3. The van der Waals surface area contributed by atoms with Crippen molar-refractivity contribution in [2.24, 2.45) is 10.8 Å². The third-order valence-corrected chi connectivity index (χ3v) is 2.82. The van der Waals surface area contributed by atoms with E-state index in [-0.39, 0.29) is 12.6 Å². The number of aliphatic hydroxyl groups is 1. The topological polar surface area (TPSA) is 134 Å². The van der Waals surface area contributed by atoms with Crippen molar-refractivity contribution in [2.75, 3.05) is 17.3 Å². The van der Waals surface area contributed by atoms with Crippen LogP contribution < -0.4 is 32.4 Å². The molecule has 0 spiro atoms. The number of nitrogens with two attached hydrogens (primary N) is 1. The van der Waals surface area contributed by atoms with Gasteiger partial charge in [0.05, 0.1) is 24.4 Å². The largest absolute Gasteiger partial charge is 0.393 e. The molecule has 0 aliphatic carbocycles. The normalized spacial score (nSPS) is 12.4. The number of nitrogens with one attached hydrogen (secondary N) is 5. The highest BCUT2D eigenvalue weighted by Crippen LogP contribution is 2.09. The van der Waals surface area contributed by atoms with Crippen LogP contribution in [0.2, 0.25) is 0 Å². The summed E-state index contributed by atoms with van der Waals surface area (Å²) in [5.74, 6) is 7.05. The summed E-state index contributed by atoms with van der Waals surface area (Å²) in [4.78, 5) is 11.4. The molecule has 0 unspecified atom stereocenters. The van der Waals surface area contributed by atoms with Gasteiger partial charge in [-0.3, -0.25) is 21.3 Å². The molecule has 0 radical (unpaired) electrons. The molecule has 0 amide bonds. The smallest absolute Gasteiger partial charge is 0.230 e. The zero-order valence-electron chi connectivity index (χ0n) is 12.7. The zero-order valence-corrected chi connectivity index (χ0v) is 12.7. The Morgan fingerprint density at radius 3 is 2.87 bits per heavy atom. The molecule has 2 aromatic rings. The highest BCUT2D eigenvalue weighted by atomic mass is 16.3. The summed E-state index contributed by atoms with van der Waals surface area (Å²) >= 11 is 0. The molecule has 0 aliphatic heterocycles. The molecule has 1 heterocycles. The average molecular weight is 317 g/mol. The van der Waals surface area contributed by atoms with Crippen LogP contribution >= 0.6 is 0 Å². The Kier molecular flexibility index (Phi) is 6.09. The van der Waals surface area contributed by atoms with E-state index >= 15 is 0 Å². The van der Waals surface area contributed by atoms with Crippen molar-refractivity contribution in [3.63, 3.8) is 0 Å². The first kappa shape index (κ1) is 16.5. The monoisotopic (exact) mass is 317 g/mol. The van der Waals surface area contributed by atoms with Gasteiger partial charge in [-0.1, -0.05) is 23.2 Å². The number of aliphatic hydroxyl groups excluding tert-OH is 1. The van der Waals surface area contributed by atoms with Gasteiger partial charge >= 0.3 is 0 Å². The van der Waals surface area contributed by atoms with Crippen LogP contribution in [0.4, 0.5) is 17.3 Å². The number of hydrogen-bond donors (Lipinski definition) is 6. The molecule has 0 aliphatic rings. The van der Waals surface area contributed by atoms with Crippen molar-refractivity contribution in [1.29, 1.82) is 0 Å². The number of aliphatic imine (C=N–C) groups is 1. The highest BCUT2D eigenvalue weighted by molar-refractivity contribution is 5.83. The summed E-state index contributed by atoms with van der Waals surface area (Å²) in [6.07, 6.45) is 1.53. The lowest BCUT2D eigenvalue weighted by molar-refractivity contribution is -0.366. The van der Waals surface area contributed by atoms with Crippen LogP contribution in [0.1, 0.15) is 6.92 Å². The Morgan fingerprint density at radius 1 is 1.39 bits per heavy atom. The van der Waals surface area contributed by atoms with Gasteiger partial charge in [-0.05, 0) is 19.1 Å². The van der Waals surface area contributed by atoms with Crippen LogP contribution in [-0.2, 0) is 0 Å². The quantitative estimate of drug-likeness (QED) is 0.187. The number of rotatable bonds is 6. The van der Waals surface area contributed by atoms with Crippen molar-refractivity contribution < 1.29 is 10.1 Å². The molecule has 1 aromatic carbocycles. The van der Waals surface area contributed by atoms with Gasteiger partial charge in [-0.25, -0.2) is 10.8 Å². The summed E-state index contributed by atoms with van der Waals surface area (Å²) in [5, 5.41) is 12.1. The third-order valence-electron chi connectivity index (χ3n) is 2.82. The maximum atomic E-state index is 9.06. The van der Waals surface area contributed by atoms with Crippen LogP contribution in [0, 0.1) is 0 Å². The SMILES string of the molecule is C[C@@H](CO)Nc1cc(NNC(=Nc2ccccc2)NN)nc[nH+]1. The predicted molar refractivity (Wildman–Crippen MR) is 88.6 cm³/mol. The molecule has 0 fully saturated rings. The van der Waals surface area contributed by atoms with Crippen LogP contribution in [-0.4, -0.2) is 28.7 Å². The van der Waals surface area contributed by atoms with Gasteiger partial charge in [0, 0.05) is 0 Å². The lowest BCUT2D eigenvalue weighted by Crippen LogP contribution is -2.44. The Labute approximate surface area is 134 Å². The third kappa shape index (κ3) is 5.41. The van der Waals surface area contributed by atoms with E-state index in [1.807, 2.05) is 37.3 Å². The first-order chi connectivity index (χ1) is 11.2. The van der Waals surface area contributed by atoms with E-state index in [0.717, 1.165) is 5.69 Å². The number of guanidine groups is 1. The molecule has 0 bridgehead atoms.